The van der Waals surface area contributed by atoms with Crippen LogP contribution in [0.5, 0.6) is 0 Å². The van der Waals surface area contributed by atoms with E-state index in [-0.39, 0.29) is 5.82 Å². The molecule has 1 aliphatic heterocycles. The summed E-state index contributed by atoms with van der Waals surface area (Å²) in [6.45, 7) is 1.82. The van der Waals surface area contributed by atoms with E-state index in [1.807, 2.05) is 22.4 Å². The molecule has 1 aliphatic carbocycles. The lowest BCUT2D eigenvalue weighted by Gasteiger charge is -2.43. The summed E-state index contributed by atoms with van der Waals surface area (Å²) < 4.78 is 18.5. The average Bonchev–Trinajstić information content (AvgIpc) is 2.91. The quantitative estimate of drug-likeness (QED) is 0.760. The molecule has 0 amide bonds. The molecule has 1 saturated heterocycles. The van der Waals surface area contributed by atoms with Gasteiger partial charge >= 0.3 is 0 Å². The van der Waals surface area contributed by atoms with Crippen molar-refractivity contribution in [2.24, 2.45) is 13.0 Å². The lowest BCUT2D eigenvalue weighted by atomic mass is 9.78. The standard InChI is InChI=1S/C19H25FN4S/c1-22-18(15-9-3-4-10-16(15)20)21-24(19(22)25)13-23-12-6-8-14-7-2-5-11-17(14)23/h3-4,9-10,14,17H,2,5-8,11-13H2,1H3/t14-,17+/m1/s1. The molecule has 0 radical (unpaired) electrons. The Bertz CT molecular complexity index is 810. The van der Waals surface area contributed by atoms with E-state index in [9.17, 15) is 4.39 Å². The zero-order chi connectivity index (χ0) is 17.4. The van der Waals surface area contributed by atoms with Crippen molar-refractivity contribution in [2.45, 2.75) is 51.2 Å². The Kier molecular flexibility index (Phi) is 4.73. The van der Waals surface area contributed by atoms with E-state index < -0.39 is 0 Å². The van der Waals surface area contributed by atoms with Crippen LogP contribution in [0.25, 0.3) is 11.4 Å². The van der Waals surface area contributed by atoms with Crippen LogP contribution in [0.3, 0.4) is 0 Å². The van der Waals surface area contributed by atoms with Gasteiger partial charge in [-0.2, -0.15) is 5.10 Å². The van der Waals surface area contributed by atoms with E-state index in [1.165, 1.54) is 44.6 Å². The molecule has 0 bridgehead atoms. The summed E-state index contributed by atoms with van der Waals surface area (Å²) >= 11 is 5.59. The second-order valence-corrected chi connectivity index (χ2v) is 7.72. The summed E-state index contributed by atoms with van der Waals surface area (Å²) in [5, 5.41) is 4.67. The van der Waals surface area contributed by atoms with Gasteiger partial charge in [-0.15, -0.1) is 0 Å². The van der Waals surface area contributed by atoms with Crippen LogP contribution in [0.1, 0.15) is 38.5 Å². The second-order valence-electron chi connectivity index (χ2n) is 7.35. The molecule has 4 nitrogen and oxygen atoms in total. The summed E-state index contributed by atoms with van der Waals surface area (Å²) in [7, 11) is 1.87. The first-order valence-electron chi connectivity index (χ1n) is 9.28. The van der Waals surface area contributed by atoms with Crippen LogP contribution in [0.2, 0.25) is 0 Å². The molecule has 2 aromatic rings. The Morgan fingerprint density at radius 1 is 1.16 bits per heavy atom. The minimum absolute atomic E-state index is 0.261. The van der Waals surface area contributed by atoms with Crippen molar-refractivity contribution in [3.8, 4) is 11.4 Å². The number of likely N-dealkylation sites (tertiary alicyclic amines) is 1. The minimum atomic E-state index is -0.261. The maximum absolute atomic E-state index is 14.2. The molecule has 0 N–H and O–H groups in total. The van der Waals surface area contributed by atoms with Gasteiger partial charge in [0.1, 0.15) is 5.82 Å². The highest BCUT2D eigenvalue weighted by molar-refractivity contribution is 7.71. The van der Waals surface area contributed by atoms with E-state index >= 15 is 0 Å². The van der Waals surface area contributed by atoms with E-state index in [4.69, 9.17) is 12.2 Å². The minimum Gasteiger partial charge on any atom is -0.303 e. The van der Waals surface area contributed by atoms with Gasteiger partial charge < -0.3 is 4.57 Å². The molecule has 134 valence electrons. The third-order valence-corrected chi connectivity index (χ3v) is 6.31. The molecular formula is C19H25FN4S. The van der Waals surface area contributed by atoms with E-state index in [0.717, 1.165) is 12.5 Å². The summed E-state index contributed by atoms with van der Waals surface area (Å²) in [5.41, 5.74) is 0.504. The Morgan fingerprint density at radius 2 is 1.92 bits per heavy atom. The van der Waals surface area contributed by atoms with Crippen LogP contribution < -0.4 is 0 Å². The summed E-state index contributed by atoms with van der Waals surface area (Å²) in [4.78, 5) is 2.54. The van der Waals surface area contributed by atoms with E-state index in [0.29, 0.717) is 28.9 Å². The molecule has 4 rings (SSSR count). The monoisotopic (exact) mass is 360 g/mol. The number of halogens is 1. The highest BCUT2D eigenvalue weighted by Crippen LogP contribution is 2.35. The summed E-state index contributed by atoms with van der Waals surface area (Å²) in [6, 6.07) is 7.41. The molecule has 25 heavy (non-hydrogen) atoms. The lowest BCUT2D eigenvalue weighted by Crippen LogP contribution is -2.47. The van der Waals surface area contributed by atoms with Gasteiger partial charge in [0.15, 0.2) is 10.6 Å². The maximum atomic E-state index is 14.2. The molecule has 1 aromatic carbocycles. The number of benzene rings is 1. The third kappa shape index (κ3) is 3.17. The van der Waals surface area contributed by atoms with Gasteiger partial charge in [-0.1, -0.05) is 25.0 Å². The first-order chi connectivity index (χ1) is 12.1. The van der Waals surface area contributed by atoms with Gasteiger partial charge in [-0.3, -0.25) is 4.90 Å². The van der Waals surface area contributed by atoms with Crippen molar-refractivity contribution in [3.05, 3.63) is 34.9 Å². The Balaban J connectivity index is 1.62. The molecule has 2 heterocycles. The number of nitrogens with zero attached hydrogens (tertiary/aromatic N) is 4. The summed E-state index contributed by atoms with van der Waals surface area (Å²) in [5.74, 6) is 1.16. The zero-order valence-corrected chi connectivity index (χ0v) is 15.5. The topological polar surface area (TPSA) is 26.0 Å². The molecule has 0 unspecified atom stereocenters. The number of aromatic nitrogens is 3. The lowest BCUT2D eigenvalue weighted by molar-refractivity contribution is 0.0323. The molecule has 2 aliphatic rings. The van der Waals surface area contributed by atoms with Crippen molar-refractivity contribution in [2.75, 3.05) is 6.54 Å². The van der Waals surface area contributed by atoms with Crippen molar-refractivity contribution in [1.82, 2.24) is 19.2 Å². The average molecular weight is 361 g/mol. The zero-order valence-electron chi connectivity index (χ0n) is 14.7. The highest BCUT2D eigenvalue weighted by Gasteiger charge is 2.33. The SMILES string of the molecule is Cn1c(-c2ccccc2F)nn(CN2CCC[C@H]3CCCC[C@@H]32)c1=S. The Hall–Kier alpha value is -1.53. The summed E-state index contributed by atoms with van der Waals surface area (Å²) in [6.07, 6.45) is 7.94. The van der Waals surface area contributed by atoms with E-state index in [1.54, 1.807) is 12.1 Å². The fourth-order valence-electron chi connectivity index (χ4n) is 4.53. The Labute approximate surface area is 153 Å². The van der Waals surface area contributed by atoms with Gasteiger partial charge in [-0.25, -0.2) is 9.07 Å². The predicted octanol–water partition coefficient (Wildman–Crippen LogP) is 4.37. The fourth-order valence-corrected chi connectivity index (χ4v) is 4.72. The van der Waals surface area contributed by atoms with Crippen LogP contribution >= 0.6 is 12.2 Å². The molecular weight excluding hydrogens is 335 g/mol. The molecule has 2 atom stereocenters. The third-order valence-electron chi connectivity index (χ3n) is 5.83. The van der Waals surface area contributed by atoms with Gasteiger partial charge in [0.2, 0.25) is 0 Å². The largest absolute Gasteiger partial charge is 0.303 e. The van der Waals surface area contributed by atoms with Crippen LogP contribution in [0.4, 0.5) is 4.39 Å². The molecule has 2 fully saturated rings. The predicted molar refractivity (Wildman–Crippen MR) is 99.1 cm³/mol. The van der Waals surface area contributed by atoms with Crippen molar-refractivity contribution < 1.29 is 4.39 Å². The second kappa shape index (κ2) is 7.00. The molecule has 6 heteroatoms. The van der Waals surface area contributed by atoms with Crippen LogP contribution in [0, 0.1) is 16.5 Å². The first-order valence-corrected chi connectivity index (χ1v) is 9.69. The fraction of sp³-hybridized carbons (Fsp3) is 0.579. The van der Waals surface area contributed by atoms with Gasteiger partial charge in [0.25, 0.3) is 0 Å². The van der Waals surface area contributed by atoms with Crippen LogP contribution in [0.15, 0.2) is 24.3 Å². The van der Waals surface area contributed by atoms with Crippen molar-refractivity contribution >= 4 is 12.2 Å². The van der Waals surface area contributed by atoms with Crippen LogP contribution in [-0.4, -0.2) is 31.8 Å². The number of piperidine rings is 1. The smallest absolute Gasteiger partial charge is 0.199 e. The normalized spacial score (nSPS) is 24.2. The van der Waals surface area contributed by atoms with Crippen LogP contribution in [-0.2, 0) is 13.7 Å². The number of fused-ring (bicyclic) bond motifs is 1. The number of hydrogen-bond donors (Lipinski definition) is 0. The van der Waals surface area contributed by atoms with E-state index in [2.05, 4.69) is 10.00 Å². The molecule has 0 spiro atoms. The molecule has 1 saturated carbocycles. The van der Waals surface area contributed by atoms with Crippen molar-refractivity contribution in [1.29, 1.82) is 0 Å². The van der Waals surface area contributed by atoms with Crippen molar-refractivity contribution in [3.63, 3.8) is 0 Å². The first kappa shape index (κ1) is 16.9. The molecule has 1 aromatic heterocycles. The Morgan fingerprint density at radius 3 is 2.76 bits per heavy atom. The number of rotatable bonds is 3. The van der Waals surface area contributed by atoms with Gasteiger partial charge in [-0.05, 0) is 56.0 Å². The maximum Gasteiger partial charge on any atom is 0.199 e. The van der Waals surface area contributed by atoms with Gasteiger partial charge in [0.05, 0.1) is 12.2 Å². The van der Waals surface area contributed by atoms with Gasteiger partial charge in [0, 0.05) is 19.6 Å². The highest BCUT2D eigenvalue weighted by atomic mass is 32.1. The number of hydrogen-bond acceptors (Lipinski definition) is 3.